The van der Waals surface area contributed by atoms with Crippen molar-refractivity contribution in [1.82, 2.24) is 9.55 Å². The Morgan fingerprint density at radius 1 is 1.30 bits per heavy atom. The van der Waals surface area contributed by atoms with E-state index < -0.39 is 5.76 Å². The van der Waals surface area contributed by atoms with Crippen LogP contribution in [0.25, 0.3) is 11.1 Å². The first-order valence-electron chi connectivity index (χ1n) is 5.97. The first kappa shape index (κ1) is 12.2. The van der Waals surface area contributed by atoms with E-state index in [2.05, 4.69) is 10.3 Å². The summed E-state index contributed by atoms with van der Waals surface area (Å²) in [5.74, 6) is -0.300. The highest BCUT2D eigenvalue weighted by Crippen LogP contribution is 2.15. The van der Waals surface area contributed by atoms with Gasteiger partial charge in [-0.1, -0.05) is 6.07 Å². The lowest BCUT2D eigenvalue weighted by Crippen LogP contribution is -2.12. The largest absolute Gasteiger partial charge is 0.419 e. The van der Waals surface area contributed by atoms with E-state index >= 15 is 0 Å². The number of oxazole rings is 1. The number of carbonyl (C=O) groups excluding carboxylic acids is 1. The minimum atomic E-state index is -0.456. The van der Waals surface area contributed by atoms with Gasteiger partial charge >= 0.3 is 5.76 Å². The third kappa shape index (κ3) is 2.07. The molecule has 0 aliphatic heterocycles. The number of aromatic nitrogens is 2. The second-order valence-electron chi connectivity index (χ2n) is 4.28. The molecule has 0 saturated carbocycles. The van der Waals surface area contributed by atoms with Crippen LogP contribution in [0, 0.1) is 0 Å². The number of hydrogen-bond donors (Lipinski definition) is 1. The number of amides is 1. The number of nitrogens with one attached hydrogen (secondary N) is 1. The fraction of sp³-hybridized carbons (Fsp3) is 0.0714. The standard InChI is InChI=1S/C14H11N3O3/c1-17-10-6-5-9(8-11(10)20-14(17)19)13(18)16-12-4-2-3-7-15-12/h2-8H,1H3,(H,15,16,18). The number of hydrogen-bond acceptors (Lipinski definition) is 4. The second kappa shape index (κ2) is 4.65. The highest BCUT2D eigenvalue weighted by molar-refractivity contribution is 6.05. The molecule has 2 heterocycles. The lowest BCUT2D eigenvalue weighted by Gasteiger charge is -2.03. The molecule has 100 valence electrons. The summed E-state index contributed by atoms with van der Waals surface area (Å²) in [6.45, 7) is 0. The van der Waals surface area contributed by atoms with Crippen LogP contribution in [-0.4, -0.2) is 15.5 Å². The molecule has 0 atom stereocenters. The van der Waals surface area contributed by atoms with Gasteiger partial charge in [-0.05, 0) is 30.3 Å². The predicted molar refractivity (Wildman–Crippen MR) is 73.6 cm³/mol. The fourth-order valence-electron chi connectivity index (χ4n) is 1.90. The van der Waals surface area contributed by atoms with Crippen LogP contribution in [0.3, 0.4) is 0 Å². The molecule has 0 fully saturated rings. The van der Waals surface area contributed by atoms with Crippen LogP contribution in [-0.2, 0) is 7.05 Å². The molecular weight excluding hydrogens is 258 g/mol. The molecule has 1 amide bonds. The van der Waals surface area contributed by atoms with Gasteiger partial charge in [0.05, 0.1) is 5.52 Å². The van der Waals surface area contributed by atoms with Crippen LogP contribution < -0.4 is 11.1 Å². The molecule has 1 N–H and O–H groups in total. The summed E-state index contributed by atoms with van der Waals surface area (Å²) < 4.78 is 6.44. The summed E-state index contributed by atoms with van der Waals surface area (Å²) in [4.78, 5) is 27.5. The van der Waals surface area contributed by atoms with Crippen LogP contribution >= 0.6 is 0 Å². The molecule has 3 rings (SSSR count). The molecule has 0 aliphatic carbocycles. The van der Waals surface area contributed by atoms with Crippen molar-refractivity contribution < 1.29 is 9.21 Å². The zero-order valence-electron chi connectivity index (χ0n) is 10.7. The Hall–Kier alpha value is -2.89. The monoisotopic (exact) mass is 269 g/mol. The summed E-state index contributed by atoms with van der Waals surface area (Å²) in [5.41, 5.74) is 1.42. The number of anilines is 1. The number of nitrogens with zero attached hydrogens (tertiary/aromatic N) is 2. The molecule has 0 saturated heterocycles. The van der Waals surface area contributed by atoms with Crippen LogP contribution in [0.4, 0.5) is 5.82 Å². The topological polar surface area (TPSA) is 77.1 Å². The molecule has 2 aromatic heterocycles. The van der Waals surface area contributed by atoms with Gasteiger partial charge in [0, 0.05) is 18.8 Å². The smallest absolute Gasteiger partial charge is 0.408 e. The minimum absolute atomic E-state index is 0.308. The molecule has 1 aromatic carbocycles. The molecule has 0 unspecified atom stereocenters. The molecule has 0 bridgehead atoms. The van der Waals surface area contributed by atoms with Crippen LogP contribution in [0.5, 0.6) is 0 Å². The number of carbonyl (C=O) groups is 1. The van der Waals surface area contributed by atoms with E-state index in [0.717, 1.165) is 0 Å². The molecule has 0 spiro atoms. The molecule has 6 heteroatoms. The van der Waals surface area contributed by atoms with Crippen molar-refractivity contribution in [3.05, 3.63) is 58.7 Å². The van der Waals surface area contributed by atoms with Crippen LogP contribution in [0.2, 0.25) is 0 Å². The van der Waals surface area contributed by atoms with Gasteiger partial charge in [-0.15, -0.1) is 0 Å². The lowest BCUT2D eigenvalue weighted by molar-refractivity contribution is 0.102. The van der Waals surface area contributed by atoms with E-state index in [-0.39, 0.29) is 5.91 Å². The normalized spacial score (nSPS) is 10.7. The quantitative estimate of drug-likeness (QED) is 0.769. The second-order valence-corrected chi connectivity index (χ2v) is 4.28. The first-order chi connectivity index (χ1) is 9.65. The van der Waals surface area contributed by atoms with Gasteiger partial charge < -0.3 is 9.73 Å². The number of fused-ring (bicyclic) bond motifs is 1. The van der Waals surface area contributed by atoms with Crippen molar-refractivity contribution in [3.8, 4) is 0 Å². The predicted octanol–water partition coefficient (Wildman–Crippen LogP) is 1.78. The average molecular weight is 269 g/mol. The van der Waals surface area contributed by atoms with Crippen molar-refractivity contribution in [3.63, 3.8) is 0 Å². The maximum absolute atomic E-state index is 12.1. The van der Waals surface area contributed by atoms with Gasteiger partial charge in [0.25, 0.3) is 5.91 Å². The molecule has 20 heavy (non-hydrogen) atoms. The maximum Gasteiger partial charge on any atom is 0.419 e. The Kier molecular flexibility index (Phi) is 2.83. The SMILES string of the molecule is Cn1c(=O)oc2cc(C(=O)Nc3ccccn3)ccc21. The number of benzene rings is 1. The van der Waals surface area contributed by atoms with Gasteiger partial charge in [0.1, 0.15) is 5.82 Å². The molecule has 6 nitrogen and oxygen atoms in total. The number of rotatable bonds is 2. The number of pyridine rings is 1. The summed E-state index contributed by atoms with van der Waals surface area (Å²) in [5, 5.41) is 2.67. The minimum Gasteiger partial charge on any atom is -0.408 e. The van der Waals surface area contributed by atoms with Crippen molar-refractivity contribution in [2.75, 3.05) is 5.32 Å². The van der Waals surface area contributed by atoms with E-state index in [1.165, 1.54) is 10.6 Å². The summed E-state index contributed by atoms with van der Waals surface area (Å²) in [7, 11) is 1.61. The number of aryl methyl sites for hydroxylation is 1. The maximum atomic E-state index is 12.1. The van der Waals surface area contributed by atoms with Gasteiger partial charge in [-0.25, -0.2) is 9.78 Å². The van der Waals surface area contributed by atoms with Crippen molar-refractivity contribution in [2.24, 2.45) is 7.05 Å². The Balaban J connectivity index is 1.94. The van der Waals surface area contributed by atoms with Crippen molar-refractivity contribution in [2.45, 2.75) is 0 Å². The average Bonchev–Trinajstić information content (AvgIpc) is 2.74. The highest BCUT2D eigenvalue weighted by atomic mass is 16.4. The third-order valence-electron chi connectivity index (χ3n) is 2.96. The van der Waals surface area contributed by atoms with Crippen molar-refractivity contribution >= 4 is 22.8 Å². The van der Waals surface area contributed by atoms with Crippen molar-refractivity contribution in [1.29, 1.82) is 0 Å². The van der Waals surface area contributed by atoms with Gasteiger partial charge in [0.15, 0.2) is 5.58 Å². The summed E-state index contributed by atoms with van der Waals surface area (Å²) in [6, 6.07) is 10.1. The Labute approximate surface area is 113 Å². The third-order valence-corrected chi connectivity index (χ3v) is 2.96. The first-order valence-corrected chi connectivity index (χ1v) is 5.97. The van der Waals surface area contributed by atoms with Gasteiger partial charge in [0.2, 0.25) is 0 Å². The van der Waals surface area contributed by atoms with E-state index in [1.54, 1.807) is 43.6 Å². The highest BCUT2D eigenvalue weighted by Gasteiger charge is 2.11. The van der Waals surface area contributed by atoms with E-state index in [4.69, 9.17) is 4.42 Å². The lowest BCUT2D eigenvalue weighted by atomic mass is 10.2. The summed E-state index contributed by atoms with van der Waals surface area (Å²) in [6.07, 6.45) is 1.59. The van der Waals surface area contributed by atoms with Gasteiger partial charge in [-0.2, -0.15) is 0 Å². The summed E-state index contributed by atoms with van der Waals surface area (Å²) >= 11 is 0. The Morgan fingerprint density at radius 3 is 2.90 bits per heavy atom. The molecule has 0 aliphatic rings. The Morgan fingerprint density at radius 2 is 2.15 bits per heavy atom. The molecule has 3 aromatic rings. The fourth-order valence-corrected chi connectivity index (χ4v) is 1.90. The Bertz CT molecular complexity index is 834. The zero-order chi connectivity index (χ0) is 14.1. The zero-order valence-corrected chi connectivity index (χ0v) is 10.7. The van der Waals surface area contributed by atoms with Crippen LogP contribution in [0.1, 0.15) is 10.4 Å². The molecular formula is C14H11N3O3. The van der Waals surface area contributed by atoms with E-state index in [0.29, 0.717) is 22.5 Å². The van der Waals surface area contributed by atoms with E-state index in [9.17, 15) is 9.59 Å². The van der Waals surface area contributed by atoms with Crippen LogP contribution in [0.15, 0.2) is 51.8 Å². The van der Waals surface area contributed by atoms with E-state index in [1.807, 2.05) is 0 Å². The van der Waals surface area contributed by atoms with Gasteiger partial charge in [-0.3, -0.25) is 9.36 Å². The molecule has 0 radical (unpaired) electrons.